The van der Waals surface area contributed by atoms with Crippen LogP contribution in [0.1, 0.15) is 33.1 Å². The normalized spacial score (nSPS) is 56.1. The lowest BCUT2D eigenvalue weighted by atomic mass is 9.66. The molecule has 0 amide bonds. The molecular formula is C12H19NO2. The van der Waals surface area contributed by atoms with Gasteiger partial charge in [-0.15, -0.1) is 0 Å². The smallest absolute Gasteiger partial charge is 0.326 e. The Morgan fingerprint density at radius 3 is 2.73 bits per heavy atom. The molecular weight excluding hydrogens is 190 g/mol. The summed E-state index contributed by atoms with van der Waals surface area (Å²) in [6, 6.07) is 0. The van der Waals surface area contributed by atoms with E-state index in [1.807, 2.05) is 0 Å². The third-order valence-electron chi connectivity index (χ3n) is 5.94. The van der Waals surface area contributed by atoms with Crippen LogP contribution in [0, 0.1) is 16.7 Å². The molecule has 1 heterocycles. The summed E-state index contributed by atoms with van der Waals surface area (Å²) in [5.41, 5.74) is 0.0400. The van der Waals surface area contributed by atoms with Gasteiger partial charge in [0.1, 0.15) is 5.54 Å². The first kappa shape index (κ1) is 9.64. The van der Waals surface area contributed by atoms with Gasteiger partial charge in [0.15, 0.2) is 0 Å². The first-order valence-corrected chi connectivity index (χ1v) is 5.84. The van der Waals surface area contributed by atoms with E-state index in [0.717, 1.165) is 19.4 Å². The molecule has 3 nitrogen and oxygen atoms in total. The molecule has 0 radical (unpaired) electrons. The van der Waals surface area contributed by atoms with E-state index in [-0.39, 0.29) is 16.9 Å². The largest absolute Gasteiger partial charge is 0.468 e. The van der Waals surface area contributed by atoms with Crippen molar-refractivity contribution in [2.75, 3.05) is 13.7 Å². The molecule has 3 aliphatic rings. The zero-order chi connectivity index (χ0) is 10.9. The highest BCUT2D eigenvalue weighted by atomic mass is 16.5. The fourth-order valence-electron chi connectivity index (χ4n) is 4.64. The van der Waals surface area contributed by atoms with E-state index >= 15 is 0 Å². The molecule has 3 fully saturated rings. The van der Waals surface area contributed by atoms with Crippen LogP contribution < -0.4 is 5.32 Å². The number of esters is 1. The van der Waals surface area contributed by atoms with E-state index in [1.165, 1.54) is 13.5 Å². The first-order chi connectivity index (χ1) is 7.00. The highest BCUT2D eigenvalue weighted by Gasteiger charge is 2.77. The van der Waals surface area contributed by atoms with Crippen LogP contribution in [0.25, 0.3) is 0 Å². The van der Waals surface area contributed by atoms with Gasteiger partial charge in [-0.3, -0.25) is 4.79 Å². The molecule has 2 saturated carbocycles. The van der Waals surface area contributed by atoms with Crippen LogP contribution in [-0.2, 0) is 9.53 Å². The molecule has 0 aromatic rings. The highest BCUT2D eigenvalue weighted by Crippen LogP contribution is 2.72. The predicted molar refractivity (Wildman–Crippen MR) is 56.3 cm³/mol. The monoisotopic (exact) mass is 209 g/mol. The van der Waals surface area contributed by atoms with Crippen molar-refractivity contribution in [2.24, 2.45) is 16.7 Å². The minimum absolute atomic E-state index is 0.0454. The average molecular weight is 209 g/mol. The predicted octanol–water partition coefficient (Wildman–Crippen LogP) is 1.33. The molecule has 0 unspecified atom stereocenters. The van der Waals surface area contributed by atoms with Gasteiger partial charge in [-0.2, -0.15) is 0 Å². The Hall–Kier alpha value is -0.570. The fourth-order valence-corrected chi connectivity index (χ4v) is 4.64. The van der Waals surface area contributed by atoms with Gasteiger partial charge in [-0.1, -0.05) is 13.8 Å². The Bertz CT molecular complexity index is 343. The van der Waals surface area contributed by atoms with E-state index < -0.39 is 0 Å². The third kappa shape index (κ3) is 0.718. The second-order valence-electron chi connectivity index (χ2n) is 5.94. The standard InChI is InChI=1S/C12H19NO2/c1-10-7-13-12(9(14)15-3)6-8(10)4-5-11(10,12)2/h8,13H,4-7H2,1-3H3/t8-,10+,11-,12+/m1/s1. The molecule has 0 aromatic heterocycles. The summed E-state index contributed by atoms with van der Waals surface area (Å²) in [4.78, 5) is 12.0. The van der Waals surface area contributed by atoms with Crippen LogP contribution in [0.2, 0.25) is 0 Å². The molecule has 1 saturated heterocycles. The average Bonchev–Trinajstić information content (AvgIpc) is 2.70. The van der Waals surface area contributed by atoms with Crippen LogP contribution >= 0.6 is 0 Å². The number of ether oxygens (including phenoxy) is 1. The quantitative estimate of drug-likeness (QED) is 0.662. The lowest BCUT2D eigenvalue weighted by Gasteiger charge is -2.40. The topological polar surface area (TPSA) is 38.3 Å². The number of carbonyl (C=O) groups is 1. The van der Waals surface area contributed by atoms with Crippen molar-refractivity contribution in [2.45, 2.75) is 38.6 Å². The van der Waals surface area contributed by atoms with Crippen LogP contribution in [0.5, 0.6) is 0 Å². The molecule has 3 heteroatoms. The van der Waals surface area contributed by atoms with Crippen molar-refractivity contribution in [1.29, 1.82) is 0 Å². The summed E-state index contributed by atoms with van der Waals surface area (Å²) in [6.45, 7) is 5.59. The number of carbonyl (C=O) groups excluding carboxylic acids is 1. The lowest BCUT2D eigenvalue weighted by Crippen LogP contribution is -2.57. The summed E-state index contributed by atoms with van der Waals surface area (Å²) in [7, 11) is 1.50. The Kier molecular flexibility index (Phi) is 1.54. The summed E-state index contributed by atoms with van der Waals surface area (Å²) >= 11 is 0. The van der Waals surface area contributed by atoms with Crippen molar-refractivity contribution >= 4 is 5.97 Å². The summed E-state index contributed by atoms with van der Waals surface area (Å²) in [5.74, 6) is 0.666. The van der Waals surface area contributed by atoms with Gasteiger partial charge in [0.2, 0.25) is 0 Å². The Morgan fingerprint density at radius 2 is 2.20 bits per heavy atom. The molecule has 4 atom stereocenters. The molecule has 0 aromatic carbocycles. The van der Waals surface area contributed by atoms with Gasteiger partial charge in [-0.25, -0.2) is 0 Å². The van der Waals surface area contributed by atoms with E-state index in [1.54, 1.807) is 0 Å². The number of rotatable bonds is 1. The summed E-state index contributed by atoms with van der Waals surface area (Å²) in [6.07, 6.45) is 3.43. The number of hydrogen-bond donors (Lipinski definition) is 1. The minimum Gasteiger partial charge on any atom is -0.468 e. The first-order valence-electron chi connectivity index (χ1n) is 5.84. The Labute approximate surface area is 90.6 Å². The van der Waals surface area contributed by atoms with Crippen molar-refractivity contribution < 1.29 is 9.53 Å². The van der Waals surface area contributed by atoms with Gasteiger partial charge in [0, 0.05) is 12.0 Å². The van der Waals surface area contributed by atoms with E-state index in [4.69, 9.17) is 4.74 Å². The summed E-state index contributed by atoms with van der Waals surface area (Å²) in [5, 5.41) is 3.46. The van der Waals surface area contributed by atoms with Gasteiger partial charge in [0.25, 0.3) is 0 Å². The zero-order valence-corrected chi connectivity index (χ0v) is 9.72. The van der Waals surface area contributed by atoms with Crippen LogP contribution in [0.15, 0.2) is 0 Å². The van der Waals surface area contributed by atoms with Gasteiger partial charge >= 0.3 is 5.97 Å². The zero-order valence-electron chi connectivity index (χ0n) is 9.72. The Balaban J connectivity index is 2.12. The minimum atomic E-state index is -0.376. The molecule has 2 aliphatic carbocycles. The number of hydrogen-bond acceptors (Lipinski definition) is 3. The number of piperidine rings is 1. The fraction of sp³-hybridized carbons (Fsp3) is 0.917. The van der Waals surface area contributed by atoms with Crippen molar-refractivity contribution in [3.63, 3.8) is 0 Å². The molecule has 1 aliphatic heterocycles. The van der Waals surface area contributed by atoms with E-state index in [9.17, 15) is 4.79 Å². The lowest BCUT2D eigenvalue weighted by molar-refractivity contribution is -0.153. The maximum atomic E-state index is 12.0. The maximum absolute atomic E-state index is 12.0. The maximum Gasteiger partial charge on any atom is 0.326 e. The third-order valence-corrected chi connectivity index (χ3v) is 5.94. The second kappa shape index (κ2) is 2.40. The van der Waals surface area contributed by atoms with Crippen LogP contribution in [-0.4, -0.2) is 25.2 Å². The molecule has 4 bridgehead atoms. The van der Waals surface area contributed by atoms with Crippen LogP contribution in [0.4, 0.5) is 0 Å². The second-order valence-corrected chi connectivity index (χ2v) is 5.94. The van der Waals surface area contributed by atoms with Gasteiger partial charge in [-0.05, 0) is 30.6 Å². The molecule has 84 valence electrons. The van der Waals surface area contributed by atoms with E-state index in [2.05, 4.69) is 19.2 Å². The highest BCUT2D eigenvalue weighted by molar-refractivity contribution is 5.84. The molecule has 1 N–H and O–H groups in total. The molecule has 0 spiro atoms. The molecule has 3 rings (SSSR count). The van der Waals surface area contributed by atoms with Crippen molar-refractivity contribution in [3.8, 4) is 0 Å². The SMILES string of the molecule is COC(=O)[C@@]12C[C@H]3CC[C@]1(C)[C@@]3(C)CN2. The van der Waals surface area contributed by atoms with Gasteiger partial charge in [0.05, 0.1) is 7.11 Å². The van der Waals surface area contributed by atoms with Crippen molar-refractivity contribution in [1.82, 2.24) is 5.32 Å². The number of methoxy groups -OCH3 is 1. The van der Waals surface area contributed by atoms with Crippen LogP contribution in [0.3, 0.4) is 0 Å². The summed E-state index contributed by atoms with van der Waals surface area (Å²) < 4.78 is 5.02. The Morgan fingerprint density at radius 1 is 1.47 bits per heavy atom. The van der Waals surface area contributed by atoms with Gasteiger partial charge < -0.3 is 10.1 Å². The van der Waals surface area contributed by atoms with Crippen molar-refractivity contribution in [3.05, 3.63) is 0 Å². The molecule has 15 heavy (non-hydrogen) atoms. The number of nitrogens with one attached hydrogen (secondary N) is 1. The van der Waals surface area contributed by atoms with E-state index in [0.29, 0.717) is 11.3 Å².